The quantitative estimate of drug-likeness (QED) is 0.891. The predicted octanol–water partition coefficient (Wildman–Crippen LogP) is 1.57. The van der Waals surface area contributed by atoms with Crippen LogP contribution in [0.25, 0.3) is 0 Å². The number of nitriles is 1. The first-order chi connectivity index (χ1) is 10.6. The van der Waals surface area contributed by atoms with Gasteiger partial charge in [0.05, 0.1) is 30.2 Å². The van der Waals surface area contributed by atoms with E-state index in [-0.39, 0.29) is 12.3 Å². The highest BCUT2D eigenvalue weighted by Crippen LogP contribution is 2.37. The highest BCUT2D eigenvalue weighted by atomic mass is 16.5. The van der Waals surface area contributed by atoms with Crippen LogP contribution in [0.2, 0.25) is 0 Å². The lowest BCUT2D eigenvalue weighted by Gasteiger charge is -2.39. The molecule has 1 aromatic carbocycles. The van der Waals surface area contributed by atoms with Crippen LogP contribution in [0.4, 0.5) is 0 Å². The molecule has 116 valence electrons. The minimum atomic E-state index is -0.928. The van der Waals surface area contributed by atoms with Crippen molar-refractivity contribution < 1.29 is 19.4 Å². The minimum Gasteiger partial charge on any atom is -0.481 e. The molecule has 6 nitrogen and oxygen atoms in total. The van der Waals surface area contributed by atoms with E-state index in [1.807, 2.05) is 6.07 Å². The zero-order chi connectivity index (χ0) is 16.1. The fraction of sp³-hybridized carbons (Fsp3) is 0.438. The molecule has 1 heterocycles. The summed E-state index contributed by atoms with van der Waals surface area (Å²) >= 11 is 0. The van der Waals surface area contributed by atoms with E-state index >= 15 is 0 Å². The van der Waals surface area contributed by atoms with E-state index in [1.54, 1.807) is 29.2 Å². The molecule has 1 aliphatic heterocycles. The summed E-state index contributed by atoms with van der Waals surface area (Å²) in [7, 11) is 1.54. The summed E-state index contributed by atoms with van der Waals surface area (Å²) in [4.78, 5) is 25.4. The summed E-state index contributed by atoms with van der Waals surface area (Å²) < 4.78 is 5.02. The minimum absolute atomic E-state index is 0.0816. The number of carbonyl (C=O) groups is 2. The molecular weight excluding hydrogens is 284 g/mol. The summed E-state index contributed by atoms with van der Waals surface area (Å²) in [5, 5.41) is 18.5. The van der Waals surface area contributed by atoms with Crippen LogP contribution in [0.5, 0.6) is 0 Å². The van der Waals surface area contributed by atoms with Crippen molar-refractivity contribution in [2.75, 3.05) is 20.3 Å². The lowest BCUT2D eigenvalue weighted by Crippen LogP contribution is -2.46. The molecule has 1 aliphatic rings. The molecule has 2 rings (SSSR count). The maximum atomic E-state index is 12.2. The molecule has 2 atom stereocenters. The molecule has 1 fully saturated rings. The van der Waals surface area contributed by atoms with E-state index in [9.17, 15) is 14.7 Å². The van der Waals surface area contributed by atoms with Crippen molar-refractivity contribution in [2.45, 2.75) is 18.9 Å². The molecule has 0 aromatic heterocycles. The molecule has 6 heteroatoms. The van der Waals surface area contributed by atoms with Crippen molar-refractivity contribution in [3.8, 4) is 6.07 Å². The van der Waals surface area contributed by atoms with Crippen LogP contribution in [0.1, 0.15) is 30.0 Å². The molecule has 1 aromatic rings. The van der Waals surface area contributed by atoms with Gasteiger partial charge in [0.15, 0.2) is 0 Å². The number of amides is 1. The first-order valence-electron chi connectivity index (χ1n) is 7.09. The number of aliphatic carboxylic acids is 1. The lowest BCUT2D eigenvalue weighted by molar-refractivity contribution is -0.152. The third-order valence-corrected chi connectivity index (χ3v) is 3.92. The molecule has 0 aliphatic carbocycles. The fourth-order valence-corrected chi connectivity index (χ4v) is 2.87. The number of carboxylic acid groups (broad SMARTS) is 1. The molecule has 0 radical (unpaired) electrons. The van der Waals surface area contributed by atoms with Crippen molar-refractivity contribution in [3.63, 3.8) is 0 Å². The topological polar surface area (TPSA) is 90.6 Å². The number of piperidine rings is 1. The molecule has 1 N–H and O–H groups in total. The number of benzene rings is 1. The molecule has 0 spiro atoms. The van der Waals surface area contributed by atoms with E-state index in [0.29, 0.717) is 30.7 Å². The number of carboxylic acids is 1. The van der Waals surface area contributed by atoms with Crippen molar-refractivity contribution >= 4 is 11.9 Å². The van der Waals surface area contributed by atoms with Crippen LogP contribution >= 0.6 is 0 Å². The van der Waals surface area contributed by atoms with Crippen LogP contribution in [0.15, 0.2) is 24.3 Å². The zero-order valence-corrected chi connectivity index (χ0v) is 12.4. The molecular formula is C16H18N2O4. The Morgan fingerprint density at radius 2 is 2.32 bits per heavy atom. The van der Waals surface area contributed by atoms with Crippen LogP contribution in [-0.4, -0.2) is 42.1 Å². The average molecular weight is 302 g/mol. The number of rotatable bonds is 5. The van der Waals surface area contributed by atoms with Crippen molar-refractivity contribution in [1.29, 1.82) is 5.26 Å². The summed E-state index contributed by atoms with van der Waals surface area (Å²) in [5.74, 6) is -1.69. The van der Waals surface area contributed by atoms with Gasteiger partial charge in [0.25, 0.3) is 0 Å². The summed E-state index contributed by atoms with van der Waals surface area (Å²) in [6.07, 6.45) is 0.522. The van der Waals surface area contributed by atoms with Gasteiger partial charge in [-0.05, 0) is 24.1 Å². The Balaban J connectivity index is 2.42. The molecule has 0 saturated carbocycles. The van der Waals surface area contributed by atoms with Crippen LogP contribution in [-0.2, 0) is 14.3 Å². The standard InChI is InChI=1S/C16H18N2O4/c1-22-8-7-18-14(19)6-5-13(16(20)21)15(18)12-4-2-3-11(9-12)10-17/h2-4,9,13,15H,5-8H2,1H3,(H,20,21). The van der Waals surface area contributed by atoms with Crippen molar-refractivity contribution in [1.82, 2.24) is 4.90 Å². The van der Waals surface area contributed by atoms with Gasteiger partial charge in [0.1, 0.15) is 0 Å². The number of hydrogen-bond acceptors (Lipinski definition) is 4. The van der Waals surface area contributed by atoms with Gasteiger partial charge >= 0.3 is 5.97 Å². The summed E-state index contributed by atoms with van der Waals surface area (Å²) in [6, 6.07) is 8.26. The van der Waals surface area contributed by atoms with E-state index in [4.69, 9.17) is 10.00 Å². The van der Waals surface area contributed by atoms with Crippen molar-refractivity contribution in [3.05, 3.63) is 35.4 Å². The van der Waals surface area contributed by atoms with E-state index in [0.717, 1.165) is 0 Å². The second-order valence-electron chi connectivity index (χ2n) is 5.25. The van der Waals surface area contributed by atoms with Gasteiger partial charge in [0, 0.05) is 20.1 Å². The smallest absolute Gasteiger partial charge is 0.308 e. The van der Waals surface area contributed by atoms with Crippen LogP contribution in [0.3, 0.4) is 0 Å². The van der Waals surface area contributed by atoms with Gasteiger partial charge < -0.3 is 14.7 Å². The Kier molecular flexibility index (Phi) is 5.12. The third kappa shape index (κ3) is 3.26. The van der Waals surface area contributed by atoms with Gasteiger partial charge in [-0.2, -0.15) is 5.26 Å². The maximum Gasteiger partial charge on any atom is 0.308 e. The van der Waals surface area contributed by atoms with Gasteiger partial charge in [-0.15, -0.1) is 0 Å². The van der Waals surface area contributed by atoms with E-state index in [1.165, 1.54) is 7.11 Å². The highest BCUT2D eigenvalue weighted by Gasteiger charge is 2.40. The van der Waals surface area contributed by atoms with E-state index in [2.05, 4.69) is 0 Å². The third-order valence-electron chi connectivity index (χ3n) is 3.92. The van der Waals surface area contributed by atoms with Gasteiger partial charge in [-0.25, -0.2) is 0 Å². The first-order valence-corrected chi connectivity index (χ1v) is 7.09. The van der Waals surface area contributed by atoms with Crippen LogP contribution in [0, 0.1) is 17.2 Å². The molecule has 1 saturated heterocycles. The normalized spacial score (nSPS) is 21.5. The number of nitrogens with zero attached hydrogens (tertiary/aromatic N) is 2. The molecule has 1 amide bonds. The number of carbonyl (C=O) groups excluding carboxylic acids is 1. The first kappa shape index (κ1) is 16.0. The van der Waals surface area contributed by atoms with Crippen molar-refractivity contribution in [2.24, 2.45) is 5.92 Å². The monoisotopic (exact) mass is 302 g/mol. The Bertz CT molecular complexity index is 608. The van der Waals surface area contributed by atoms with E-state index < -0.39 is 17.9 Å². The van der Waals surface area contributed by atoms with Gasteiger partial charge in [-0.1, -0.05) is 12.1 Å². The Morgan fingerprint density at radius 1 is 1.55 bits per heavy atom. The Labute approximate surface area is 128 Å². The number of likely N-dealkylation sites (tertiary alicyclic amines) is 1. The molecule has 22 heavy (non-hydrogen) atoms. The number of ether oxygens (including phenoxy) is 1. The van der Waals surface area contributed by atoms with Gasteiger partial charge in [-0.3, -0.25) is 9.59 Å². The second-order valence-corrected chi connectivity index (χ2v) is 5.25. The number of hydrogen-bond donors (Lipinski definition) is 1. The fourth-order valence-electron chi connectivity index (χ4n) is 2.87. The predicted molar refractivity (Wildman–Crippen MR) is 77.8 cm³/mol. The molecule has 2 unspecified atom stereocenters. The SMILES string of the molecule is COCCN1C(=O)CCC(C(=O)O)C1c1cccc(C#N)c1. The van der Waals surface area contributed by atoms with Gasteiger partial charge in [0.2, 0.25) is 5.91 Å². The maximum absolute atomic E-state index is 12.2. The molecule has 0 bridgehead atoms. The Morgan fingerprint density at radius 3 is 2.95 bits per heavy atom. The lowest BCUT2D eigenvalue weighted by atomic mass is 9.84. The summed E-state index contributed by atoms with van der Waals surface area (Å²) in [5.41, 5.74) is 1.13. The van der Waals surface area contributed by atoms with Crippen LogP contribution < -0.4 is 0 Å². The Hall–Kier alpha value is -2.39. The highest BCUT2D eigenvalue weighted by molar-refractivity contribution is 5.81. The number of methoxy groups -OCH3 is 1. The average Bonchev–Trinajstić information content (AvgIpc) is 2.53. The largest absolute Gasteiger partial charge is 0.481 e. The second kappa shape index (κ2) is 7.05. The zero-order valence-electron chi connectivity index (χ0n) is 12.4. The summed E-state index contributed by atoms with van der Waals surface area (Å²) in [6.45, 7) is 0.674.